The van der Waals surface area contributed by atoms with Gasteiger partial charge in [0.15, 0.2) is 0 Å². The molecule has 1 N–H and O–H groups in total. The average molecular weight is 880 g/mol. The molecule has 1 aliphatic rings. The van der Waals surface area contributed by atoms with Crippen LogP contribution in [0.2, 0.25) is 13.1 Å². The molecular weight excluding hydrogens is 835 g/mol. The zero-order chi connectivity index (χ0) is 36.6. The fourth-order valence-corrected chi connectivity index (χ4v) is 10.1. The first-order valence-corrected chi connectivity index (χ1v) is 20.4. The maximum Gasteiger partial charge on any atom is 0.354 e. The Morgan fingerprint density at radius 2 is 1.37 bits per heavy atom. The fourth-order valence-electron chi connectivity index (χ4n) is 6.95. The van der Waals surface area contributed by atoms with E-state index < -0.39 is 19.5 Å². The minimum absolute atomic E-state index is 0. The summed E-state index contributed by atoms with van der Waals surface area (Å²) in [4.78, 5) is 24.2. The van der Waals surface area contributed by atoms with Crippen LogP contribution in [0.4, 0.5) is 0 Å². The molecular formula is C45H45IrN3O2Si-2. The monoisotopic (exact) mass is 880 g/mol. The molecule has 52 heavy (non-hydrogen) atoms. The van der Waals surface area contributed by atoms with E-state index >= 15 is 0 Å². The summed E-state index contributed by atoms with van der Waals surface area (Å²) < 4.78 is 0. The molecule has 0 bridgehead atoms. The van der Waals surface area contributed by atoms with Crippen LogP contribution in [0.5, 0.6) is 0 Å². The predicted molar refractivity (Wildman–Crippen MR) is 209 cm³/mol. The molecule has 1 radical (unpaired) electrons. The largest absolute Gasteiger partial charge is 0.477 e. The molecule has 6 aromatic rings. The summed E-state index contributed by atoms with van der Waals surface area (Å²) in [5, 5.41) is 11.2. The molecule has 0 fully saturated rings. The van der Waals surface area contributed by atoms with Crippen molar-refractivity contribution in [1.29, 1.82) is 0 Å². The van der Waals surface area contributed by atoms with Crippen molar-refractivity contribution >= 4 is 24.4 Å². The molecule has 0 saturated heterocycles. The van der Waals surface area contributed by atoms with Gasteiger partial charge in [0.25, 0.3) is 0 Å². The van der Waals surface area contributed by atoms with Gasteiger partial charge in [0.2, 0.25) is 0 Å². The number of fused-ring (bicyclic) bond motifs is 2. The third-order valence-corrected chi connectivity index (χ3v) is 13.4. The molecule has 4 heterocycles. The van der Waals surface area contributed by atoms with Gasteiger partial charge >= 0.3 is 5.97 Å². The number of carboxylic acids is 1. The smallest absolute Gasteiger partial charge is 0.354 e. The number of pyridine rings is 3. The Kier molecular flexibility index (Phi) is 11.0. The summed E-state index contributed by atoms with van der Waals surface area (Å²) in [6.07, 6.45) is 3.36. The second kappa shape index (κ2) is 14.8. The summed E-state index contributed by atoms with van der Waals surface area (Å²) in [6.45, 7) is 18.8. The molecule has 0 amide bonds. The Balaban J connectivity index is 0.000000458. The van der Waals surface area contributed by atoms with E-state index in [0.717, 1.165) is 22.6 Å². The van der Waals surface area contributed by atoms with Gasteiger partial charge in [-0.1, -0.05) is 108 Å². The molecule has 5 nitrogen and oxygen atoms in total. The van der Waals surface area contributed by atoms with Crippen LogP contribution in [0.15, 0.2) is 122 Å². The van der Waals surface area contributed by atoms with E-state index in [0.29, 0.717) is 0 Å². The third kappa shape index (κ3) is 7.23. The van der Waals surface area contributed by atoms with Crippen molar-refractivity contribution in [3.05, 3.63) is 173 Å². The van der Waals surface area contributed by atoms with Crippen molar-refractivity contribution in [3.8, 4) is 11.3 Å². The Morgan fingerprint density at radius 1 is 0.712 bits per heavy atom. The van der Waals surface area contributed by atoms with Crippen molar-refractivity contribution in [2.45, 2.75) is 70.9 Å². The van der Waals surface area contributed by atoms with Gasteiger partial charge in [-0.05, 0) is 52.6 Å². The normalized spacial score (nSPS) is 15.9. The van der Waals surface area contributed by atoms with Crippen LogP contribution in [-0.4, -0.2) is 34.1 Å². The number of aromatic carboxylic acids is 1. The first kappa shape index (κ1) is 38.7. The van der Waals surface area contributed by atoms with E-state index in [-0.39, 0.29) is 36.6 Å². The van der Waals surface area contributed by atoms with Crippen LogP contribution in [-0.2, 0) is 36.4 Å². The molecule has 3 aromatic heterocycles. The van der Waals surface area contributed by atoms with E-state index in [2.05, 4.69) is 138 Å². The number of carboxylic acid groups (broad SMARTS) is 1. The van der Waals surface area contributed by atoms with Gasteiger partial charge in [-0.25, -0.2) is 9.78 Å². The number of rotatable bonds is 4. The fraction of sp³-hybridized carbons (Fsp3) is 0.244. The van der Waals surface area contributed by atoms with E-state index in [1.807, 2.05) is 30.5 Å². The molecule has 0 spiro atoms. The number of hydrogen-bond donors (Lipinski definition) is 1. The van der Waals surface area contributed by atoms with Gasteiger partial charge in [0.1, 0.15) is 5.69 Å². The van der Waals surface area contributed by atoms with E-state index in [4.69, 9.17) is 15.1 Å². The van der Waals surface area contributed by atoms with E-state index in [1.165, 1.54) is 44.9 Å². The van der Waals surface area contributed by atoms with Gasteiger partial charge in [0, 0.05) is 38.2 Å². The predicted octanol–water partition coefficient (Wildman–Crippen LogP) is 8.63. The summed E-state index contributed by atoms with van der Waals surface area (Å²) in [7, 11) is -2.18. The van der Waals surface area contributed by atoms with Crippen molar-refractivity contribution in [2.24, 2.45) is 0 Å². The Morgan fingerprint density at radius 3 is 1.94 bits per heavy atom. The molecule has 7 rings (SSSR count). The van der Waals surface area contributed by atoms with Crippen LogP contribution in [0.1, 0.15) is 85.7 Å². The number of carbonyl (C=O) groups is 1. The Hall–Kier alpha value is -4.55. The van der Waals surface area contributed by atoms with Crippen LogP contribution in [0, 0.1) is 12.1 Å². The van der Waals surface area contributed by atoms with Crippen LogP contribution in [0.25, 0.3) is 11.3 Å². The van der Waals surface area contributed by atoms with Crippen molar-refractivity contribution < 1.29 is 30.0 Å². The molecule has 3 aromatic carbocycles. The van der Waals surface area contributed by atoms with Gasteiger partial charge in [-0.15, -0.1) is 46.6 Å². The SMILES string of the molecule is CC(C)(C)c1c[c-]c2c(c1)[Si](C)(C)c1cc(C(C)(C)C)ccc1[C@]2(c1ccccn1)c1cccc(-c2[c-]cccc2)n1.O=C(O)c1ccccn1.[Ir]. The first-order chi connectivity index (χ1) is 24.1. The maximum absolute atomic E-state index is 10.1. The van der Waals surface area contributed by atoms with Crippen molar-refractivity contribution in [1.82, 2.24) is 15.0 Å². The zero-order valence-electron chi connectivity index (χ0n) is 31.1. The summed E-state index contributed by atoms with van der Waals surface area (Å²) in [5.74, 6) is -0.990. The standard InChI is InChI=1S/C39H40N2Si.C6H5NO2.Ir/c1-37(2,3)28-20-22-30-33(25-28)42(7,8)34-26-29(38(4,5)6)21-23-31(34)39(30,35-18-12-13-24-40-35)36-19-14-17-32(41-36)27-15-10-9-11-16-27;8-6(9)5-3-1-2-4-7-5;/h9-15,17-22,24-26H,1-8H3;1-4H,(H,8,9);/q-2;;/t39-;;/m0../s1. The maximum atomic E-state index is 10.1. The van der Waals surface area contributed by atoms with Crippen molar-refractivity contribution in [3.63, 3.8) is 0 Å². The van der Waals surface area contributed by atoms with E-state index in [1.54, 1.807) is 12.1 Å². The molecule has 7 heteroatoms. The first-order valence-electron chi connectivity index (χ1n) is 17.4. The summed E-state index contributed by atoms with van der Waals surface area (Å²) in [6, 6.07) is 44.7. The number of nitrogens with zero attached hydrogens (tertiary/aromatic N) is 3. The second-order valence-electron chi connectivity index (χ2n) is 15.7. The second-order valence-corrected chi connectivity index (χ2v) is 20.1. The molecule has 267 valence electrons. The number of aromatic nitrogens is 3. The summed E-state index contributed by atoms with van der Waals surface area (Å²) >= 11 is 0. The topological polar surface area (TPSA) is 76.0 Å². The zero-order valence-corrected chi connectivity index (χ0v) is 34.5. The molecule has 1 atom stereocenters. The van der Waals surface area contributed by atoms with Crippen molar-refractivity contribution in [2.75, 3.05) is 0 Å². The summed E-state index contributed by atoms with van der Waals surface area (Å²) in [5.41, 5.74) is 8.38. The van der Waals surface area contributed by atoms with Gasteiger partial charge in [0.05, 0.1) is 19.2 Å². The van der Waals surface area contributed by atoms with Crippen LogP contribution < -0.4 is 10.4 Å². The molecule has 1 aliphatic heterocycles. The van der Waals surface area contributed by atoms with Gasteiger partial charge in [-0.3, -0.25) is 9.97 Å². The van der Waals surface area contributed by atoms with Gasteiger partial charge < -0.3 is 5.11 Å². The molecule has 0 aliphatic carbocycles. The quantitative estimate of drug-likeness (QED) is 0.142. The third-order valence-electron chi connectivity index (χ3n) is 9.87. The molecule has 0 saturated carbocycles. The molecule has 0 unspecified atom stereocenters. The van der Waals surface area contributed by atoms with Gasteiger partial charge in [-0.2, -0.15) is 23.8 Å². The van der Waals surface area contributed by atoms with Crippen LogP contribution in [0.3, 0.4) is 0 Å². The Labute approximate surface area is 323 Å². The average Bonchev–Trinajstić information content (AvgIpc) is 3.12. The van der Waals surface area contributed by atoms with E-state index in [9.17, 15) is 4.79 Å². The Bertz CT molecular complexity index is 2110. The van der Waals surface area contributed by atoms with Crippen LogP contribution >= 0.6 is 0 Å². The number of benzene rings is 3. The minimum Gasteiger partial charge on any atom is -0.477 e. The number of hydrogen-bond acceptors (Lipinski definition) is 4. The minimum atomic E-state index is -2.18.